The number of benzene rings is 1. The third-order valence-electron chi connectivity index (χ3n) is 2.75. The molecule has 1 aromatic rings. The highest BCUT2D eigenvalue weighted by molar-refractivity contribution is 8.08. The van der Waals surface area contributed by atoms with Crippen LogP contribution in [0.25, 0.3) is 4.91 Å². The highest BCUT2D eigenvalue weighted by atomic mass is 32.2. The smallest absolute Gasteiger partial charge is 0.335 e. The van der Waals surface area contributed by atoms with Gasteiger partial charge in [-0.15, -0.1) is 11.8 Å². The predicted octanol–water partition coefficient (Wildman–Crippen LogP) is 2.32. The molecule has 0 aromatic heterocycles. The van der Waals surface area contributed by atoms with Crippen molar-refractivity contribution in [1.29, 1.82) is 0 Å². The molecule has 1 atom stereocenters. The highest BCUT2D eigenvalue weighted by Gasteiger charge is 2.38. The van der Waals surface area contributed by atoms with Crippen LogP contribution < -0.4 is 0 Å². The number of cyclic esters (lactones) is 1. The standard InChI is InChI=1S/C12H10O2S/c13-12-10-9(6-14-12)7-15-11(10)8-4-2-1-3-5-8/h1-5,9H,6-7H2. The van der Waals surface area contributed by atoms with E-state index in [0.29, 0.717) is 12.5 Å². The lowest BCUT2D eigenvalue weighted by Gasteiger charge is -2.02. The zero-order valence-electron chi connectivity index (χ0n) is 8.10. The molecule has 15 heavy (non-hydrogen) atoms. The maximum Gasteiger partial charge on any atom is 0.335 e. The van der Waals surface area contributed by atoms with Crippen molar-refractivity contribution in [2.45, 2.75) is 0 Å². The summed E-state index contributed by atoms with van der Waals surface area (Å²) in [7, 11) is 0. The van der Waals surface area contributed by atoms with E-state index in [-0.39, 0.29) is 5.97 Å². The lowest BCUT2D eigenvalue weighted by molar-refractivity contribution is -0.135. The van der Waals surface area contributed by atoms with Gasteiger partial charge in [0.05, 0.1) is 12.2 Å². The molecule has 1 saturated heterocycles. The Hall–Kier alpha value is -1.22. The lowest BCUT2D eigenvalue weighted by atomic mass is 10.0. The number of carbonyl (C=O) groups excluding carboxylic acids is 1. The Balaban J connectivity index is 2.09. The van der Waals surface area contributed by atoms with E-state index in [1.54, 1.807) is 11.8 Å². The van der Waals surface area contributed by atoms with Crippen molar-refractivity contribution in [2.24, 2.45) is 5.92 Å². The van der Waals surface area contributed by atoms with Gasteiger partial charge in [0.2, 0.25) is 0 Å². The monoisotopic (exact) mass is 218 g/mol. The summed E-state index contributed by atoms with van der Waals surface area (Å²) in [5.74, 6) is 1.17. The number of thioether (sulfide) groups is 1. The quantitative estimate of drug-likeness (QED) is 0.677. The molecule has 2 aliphatic rings. The number of hydrogen-bond donors (Lipinski definition) is 0. The van der Waals surface area contributed by atoms with Gasteiger partial charge in [-0.1, -0.05) is 30.3 Å². The minimum Gasteiger partial charge on any atom is -0.462 e. The Morgan fingerprint density at radius 3 is 2.87 bits per heavy atom. The number of esters is 1. The molecular formula is C12H10O2S. The van der Waals surface area contributed by atoms with Crippen LogP contribution >= 0.6 is 11.8 Å². The van der Waals surface area contributed by atoms with Crippen LogP contribution in [-0.2, 0) is 9.53 Å². The summed E-state index contributed by atoms with van der Waals surface area (Å²) in [5, 5.41) is 0. The second kappa shape index (κ2) is 3.42. The zero-order valence-corrected chi connectivity index (χ0v) is 8.92. The Morgan fingerprint density at radius 2 is 2.07 bits per heavy atom. The molecule has 1 aromatic carbocycles. The van der Waals surface area contributed by atoms with E-state index < -0.39 is 0 Å². The average Bonchev–Trinajstić information content (AvgIpc) is 2.84. The molecule has 0 radical (unpaired) electrons. The molecule has 1 fully saturated rings. The van der Waals surface area contributed by atoms with E-state index in [4.69, 9.17) is 4.74 Å². The van der Waals surface area contributed by atoms with Crippen molar-refractivity contribution >= 4 is 22.6 Å². The van der Waals surface area contributed by atoms with Crippen LogP contribution in [0.5, 0.6) is 0 Å². The van der Waals surface area contributed by atoms with Crippen molar-refractivity contribution in [3.63, 3.8) is 0 Å². The van der Waals surface area contributed by atoms with Gasteiger partial charge in [0, 0.05) is 16.6 Å². The summed E-state index contributed by atoms with van der Waals surface area (Å²) in [4.78, 5) is 12.7. The number of fused-ring (bicyclic) bond motifs is 1. The van der Waals surface area contributed by atoms with Crippen molar-refractivity contribution in [1.82, 2.24) is 0 Å². The number of carbonyl (C=O) groups is 1. The first kappa shape index (κ1) is 9.04. The molecule has 76 valence electrons. The van der Waals surface area contributed by atoms with Crippen LogP contribution in [0.3, 0.4) is 0 Å². The minimum atomic E-state index is -0.121. The van der Waals surface area contributed by atoms with Gasteiger partial charge in [-0.2, -0.15) is 0 Å². The van der Waals surface area contributed by atoms with Crippen molar-refractivity contribution in [3.05, 3.63) is 41.5 Å². The summed E-state index contributed by atoms with van der Waals surface area (Å²) in [5.41, 5.74) is 2.03. The van der Waals surface area contributed by atoms with Crippen LogP contribution in [0.15, 0.2) is 35.9 Å². The molecular weight excluding hydrogens is 208 g/mol. The van der Waals surface area contributed by atoms with Gasteiger partial charge >= 0.3 is 5.97 Å². The van der Waals surface area contributed by atoms with Crippen molar-refractivity contribution in [2.75, 3.05) is 12.4 Å². The summed E-state index contributed by atoms with van der Waals surface area (Å²) >= 11 is 1.77. The van der Waals surface area contributed by atoms with Crippen LogP contribution in [0, 0.1) is 5.92 Å². The average molecular weight is 218 g/mol. The first-order valence-corrected chi connectivity index (χ1v) is 5.94. The van der Waals surface area contributed by atoms with Crippen molar-refractivity contribution in [3.8, 4) is 0 Å². The number of ether oxygens (including phenoxy) is 1. The van der Waals surface area contributed by atoms with Gasteiger partial charge in [-0.05, 0) is 5.56 Å². The number of rotatable bonds is 1. The van der Waals surface area contributed by atoms with E-state index in [1.807, 2.05) is 30.3 Å². The Bertz CT molecular complexity index is 436. The first-order valence-electron chi connectivity index (χ1n) is 4.96. The molecule has 2 nitrogen and oxygen atoms in total. The lowest BCUT2D eigenvalue weighted by Crippen LogP contribution is -2.00. The summed E-state index contributed by atoms with van der Waals surface area (Å²) in [6, 6.07) is 10.1. The molecule has 3 heteroatoms. The molecule has 3 rings (SSSR count). The van der Waals surface area contributed by atoms with E-state index >= 15 is 0 Å². The topological polar surface area (TPSA) is 26.3 Å². The molecule has 2 aliphatic heterocycles. The first-order chi connectivity index (χ1) is 7.36. The Labute approximate surface area is 92.3 Å². The van der Waals surface area contributed by atoms with E-state index in [2.05, 4.69) is 0 Å². The third-order valence-corrected chi connectivity index (χ3v) is 4.07. The normalized spacial score (nSPS) is 24.3. The molecule has 0 saturated carbocycles. The summed E-state index contributed by atoms with van der Waals surface area (Å²) < 4.78 is 5.06. The summed E-state index contributed by atoms with van der Waals surface area (Å²) in [6.07, 6.45) is 0. The number of hydrogen-bond acceptors (Lipinski definition) is 3. The Kier molecular flexibility index (Phi) is 2.06. The molecule has 2 heterocycles. The predicted molar refractivity (Wildman–Crippen MR) is 60.3 cm³/mol. The fourth-order valence-electron chi connectivity index (χ4n) is 2.00. The van der Waals surface area contributed by atoms with Gasteiger partial charge in [0.1, 0.15) is 0 Å². The van der Waals surface area contributed by atoms with E-state index in [9.17, 15) is 4.79 Å². The highest BCUT2D eigenvalue weighted by Crippen LogP contribution is 2.45. The zero-order chi connectivity index (χ0) is 10.3. The third kappa shape index (κ3) is 1.38. The molecule has 0 N–H and O–H groups in total. The van der Waals surface area contributed by atoms with Crippen LogP contribution in [0.1, 0.15) is 5.56 Å². The van der Waals surface area contributed by atoms with E-state index in [0.717, 1.165) is 21.8 Å². The van der Waals surface area contributed by atoms with Gasteiger partial charge in [-0.3, -0.25) is 0 Å². The maximum atomic E-state index is 11.5. The molecule has 0 aliphatic carbocycles. The largest absolute Gasteiger partial charge is 0.462 e. The molecule has 0 spiro atoms. The van der Waals surface area contributed by atoms with Gasteiger partial charge in [-0.25, -0.2) is 4.79 Å². The van der Waals surface area contributed by atoms with Crippen LogP contribution in [0.4, 0.5) is 0 Å². The van der Waals surface area contributed by atoms with Crippen LogP contribution in [0.2, 0.25) is 0 Å². The van der Waals surface area contributed by atoms with Gasteiger partial charge in [0.15, 0.2) is 0 Å². The second-order valence-corrected chi connectivity index (χ2v) is 4.75. The van der Waals surface area contributed by atoms with E-state index in [1.165, 1.54) is 0 Å². The Morgan fingerprint density at radius 1 is 1.27 bits per heavy atom. The minimum absolute atomic E-state index is 0.121. The SMILES string of the molecule is O=C1OCC2CSC(c3ccccc3)=C12. The second-order valence-electron chi connectivity index (χ2n) is 3.72. The summed E-state index contributed by atoms with van der Waals surface area (Å²) in [6.45, 7) is 0.567. The fraction of sp³-hybridized carbons (Fsp3) is 0.250. The van der Waals surface area contributed by atoms with Crippen molar-refractivity contribution < 1.29 is 9.53 Å². The maximum absolute atomic E-state index is 11.5. The van der Waals surface area contributed by atoms with Crippen LogP contribution in [-0.4, -0.2) is 18.3 Å². The van der Waals surface area contributed by atoms with Gasteiger partial charge < -0.3 is 4.74 Å². The van der Waals surface area contributed by atoms with Gasteiger partial charge in [0.25, 0.3) is 0 Å². The molecule has 1 unspecified atom stereocenters. The molecule has 0 bridgehead atoms. The molecule has 0 amide bonds. The fourth-order valence-corrected chi connectivity index (χ4v) is 3.34.